The standard InChI is InChI=1S/C40H52O4/c1-26(16-18-33(29-12-8-6-9-13-29)30-14-10-7-11-15-30)35-20-21-36-34-19-17-31-24-32(43-27(2)41)22-23-39(31,4)37(34)25-38(40(35,36)5)44-28(3)42/h6-15,18,26,31-32,34-38H,16-17,19-25H2,1-5H3/t26-,31-,32-,34-,35+,36-,37-,38-,39-,40+/m0/s1. The van der Waals surface area contributed by atoms with Crippen LogP contribution in [0.4, 0.5) is 0 Å². The van der Waals surface area contributed by atoms with Crippen molar-refractivity contribution in [3.8, 4) is 0 Å². The lowest BCUT2D eigenvalue weighted by atomic mass is 9.43. The Labute approximate surface area is 265 Å². The Morgan fingerprint density at radius 1 is 0.818 bits per heavy atom. The minimum absolute atomic E-state index is 0.0160. The van der Waals surface area contributed by atoms with Crippen molar-refractivity contribution >= 4 is 17.5 Å². The Morgan fingerprint density at radius 3 is 2.07 bits per heavy atom. The lowest BCUT2D eigenvalue weighted by Gasteiger charge is -2.62. The molecule has 4 aliphatic rings. The molecule has 4 heteroatoms. The molecule has 236 valence electrons. The molecule has 4 fully saturated rings. The number of rotatable bonds is 7. The first-order valence-electron chi connectivity index (χ1n) is 17.3. The van der Waals surface area contributed by atoms with Gasteiger partial charge in [0.2, 0.25) is 0 Å². The smallest absolute Gasteiger partial charge is 0.302 e. The molecule has 6 rings (SSSR count). The van der Waals surface area contributed by atoms with Crippen LogP contribution in [0.2, 0.25) is 0 Å². The first-order valence-corrected chi connectivity index (χ1v) is 17.3. The third kappa shape index (κ3) is 5.67. The third-order valence-electron chi connectivity index (χ3n) is 13.0. The van der Waals surface area contributed by atoms with Crippen LogP contribution in [0.3, 0.4) is 0 Å². The van der Waals surface area contributed by atoms with Gasteiger partial charge < -0.3 is 9.47 Å². The molecule has 0 saturated heterocycles. The van der Waals surface area contributed by atoms with Crippen LogP contribution in [0.1, 0.15) is 104 Å². The molecule has 0 radical (unpaired) electrons. The summed E-state index contributed by atoms with van der Waals surface area (Å²) in [5, 5.41) is 0. The largest absolute Gasteiger partial charge is 0.463 e. The van der Waals surface area contributed by atoms with Gasteiger partial charge in [-0.1, -0.05) is 87.5 Å². The average Bonchev–Trinajstić information content (AvgIpc) is 3.37. The van der Waals surface area contributed by atoms with Crippen molar-refractivity contribution in [1.82, 2.24) is 0 Å². The van der Waals surface area contributed by atoms with Crippen LogP contribution in [0, 0.1) is 46.3 Å². The van der Waals surface area contributed by atoms with Gasteiger partial charge in [-0.3, -0.25) is 9.59 Å². The Kier molecular flexibility index (Phi) is 8.83. The van der Waals surface area contributed by atoms with Crippen molar-refractivity contribution < 1.29 is 19.1 Å². The number of benzene rings is 2. The lowest BCUT2D eigenvalue weighted by Crippen LogP contribution is -2.59. The molecule has 0 unspecified atom stereocenters. The second-order valence-corrected chi connectivity index (χ2v) is 15.1. The van der Waals surface area contributed by atoms with Crippen molar-refractivity contribution in [3.63, 3.8) is 0 Å². The average molecular weight is 597 g/mol. The molecule has 10 atom stereocenters. The first-order chi connectivity index (χ1) is 21.1. The molecular formula is C40H52O4. The van der Waals surface area contributed by atoms with Gasteiger partial charge in [-0.2, -0.15) is 0 Å². The minimum Gasteiger partial charge on any atom is -0.463 e. The summed E-state index contributed by atoms with van der Waals surface area (Å²) >= 11 is 0. The number of hydrogen-bond acceptors (Lipinski definition) is 4. The number of allylic oxidation sites excluding steroid dienone is 1. The normalized spacial score (nSPS) is 36.6. The molecule has 2 aromatic rings. The van der Waals surface area contributed by atoms with Crippen LogP contribution in [0.5, 0.6) is 0 Å². The molecule has 4 saturated carbocycles. The van der Waals surface area contributed by atoms with Crippen LogP contribution in [-0.2, 0) is 19.1 Å². The zero-order valence-electron chi connectivity index (χ0n) is 27.5. The summed E-state index contributed by atoms with van der Waals surface area (Å²) in [7, 11) is 0. The van der Waals surface area contributed by atoms with E-state index in [0.29, 0.717) is 35.5 Å². The maximum Gasteiger partial charge on any atom is 0.302 e. The molecule has 4 nitrogen and oxygen atoms in total. The zero-order valence-corrected chi connectivity index (χ0v) is 27.5. The van der Waals surface area contributed by atoms with Crippen molar-refractivity contribution in [2.75, 3.05) is 0 Å². The summed E-state index contributed by atoms with van der Waals surface area (Å²) in [6.07, 6.45) is 12.4. The number of ether oxygens (including phenoxy) is 2. The Balaban J connectivity index is 1.26. The predicted molar refractivity (Wildman–Crippen MR) is 175 cm³/mol. The SMILES string of the molecule is CC(=O)O[C@H]1CC[C@@]2(C)[C@@H](CC[C@@H]3[C@@H]2C[C@H](OC(C)=O)[C@]2(C)[C@@H]([C@@H](C)CC=C(c4ccccc4)c4ccccc4)CC[C@@H]32)C1. The van der Waals surface area contributed by atoms with Gasteiger partial charge in [0.05, 0.1) is 0 Å². The van der Waals surface area contributed by atoms with Crippen LogP contribution >= 0.6 is 0 Å². The molecule has 0 N–H and O–H groups in total. The second kappa shape index (κ2) is 12.5. The van der Waals surface area contributed by atoms with Crippen molar-refractivity contribution in [1.29, 1.82) is 0 Å². The van der Waals surface area contributed by atoms with Gasteiger partial charge in [-0.25, -0.2) is 0 Å². The van der Waals surface area contributed by atoms with Gasteiger partial charge in [0.25, 0.3) is 0 Å². The van der Waals surface area contributed by atoms with E-state index in [4.69, 9.17) is 9.47 Å². The highest BCUT2D eigenvalue weighted by Gasteiger charge is 2.65. The topological polar surface area (TPSA) is 52.6 Å². The summed E-state index contributed by atoms with van der Waals surface area (Å²) in [6.45, 7) is 10.6. The predicted octanol–water partition coefficient (Wildman–Crippen LogP) is 9.28. The fraction of sp³-hybridized carbons (Fsp3) is 0.600. The summed E-state index contributed by atoms with van der Waals surface area (Å²) < 4.78 is 12.1. The van der Waals surface area contributed by atoms with Crippen molar-refractivity contribution in [3.05, 3.63) is 77.9 Å². The van der Waals surface area contributed by atoms with E-state index in [1.165, 1.54) is 49.3 Å². The Morgan fingerprint density at radius 2 is 1.45 bits per heavy atom. The van der Waals surface area contributed by atoms with Crippen LogP contribution < -0.4 is 0 Å². The maximum absolute atomic E-state index is 12.6. The highest BCUT2D eigenvalue weighted by molar-refractivity contribution is 5.79. The maximum atomic E-state index is 12.6. The molecule has 0 bridgehead atoms. The van der Waals surface area contributed by atoms with E-state index in [2.05, 4.69) is 87.5 Å². The molecular weight excluding hydrogens is 544 g/mol. The summed E-state index contributed by atoms with van der Waals surface area (Å²) in [4.78, 5) is 24.4. The molecule has 0 aromatic heterocycles. The van der Waals surface area contributed by atoms with Crippen LogP contribution in [-0.4, -0.2) is 24.1 Å². The number of hydrogen-bond donors (Lipinski definition) is 0. The lowest BCUT2D eigenvalue weighted by molar-refractivity contribution is -0.197. The van der Waals surface area contributed by atoms with Crippen LogP contribution in [0.15, 0.2) is 66.7 Å². The van der Waals surface area contributed by atoms with Gasteiger partial charge in [0, 0.05) is 19.3 Å². The number of carbonyl (C=O) groups is 2. The van der Waals surface area contributed by atoms with Crippen molar-refractivity contribution in [2.24, 2.45) is 46.3 Å². The molecule has 44 heavy (non-hydrogen) atoms. The molecule has 2 aromatic carbocycles. The highest BCUT2D eigenvalue weighted by Crippen LogP contribution is 2.69. The summed E-state index contributed by atoms with van der Waals surface area (Å²) in [6, 6.07) is 21.5. The number of carbonyl (C=O) groups excluding carboxylic acids is 2. The minimum atomic E-state index is -0.156. The van der Waals surface area contributed by atoms with E-state index in [-0.39, 0.29) is 35.0 Å². The van der Waals surface area contributed by atoms with Gasteiger partial charge >= 0.3 is 11.9 Å². The highest BCUT2D eigenvalue weighted by atomic mass is 16.5. The van der Waals surface area contributed by atoms with Crippen molar-refractivity contribution in [2.45, 2.75) is 105 Å². The third-order valence-corrected chi connectivity index (χ3v) is 13.0. The number of fused-ring (bicyclic) bond motifs is 5. The van der Waals surface area contributed by atoms with Gasteiger partial charge in [0.15, 0.2) is 0 Å². The van der Waals surface area contributed by atoms with Gasteiger partial charge in [0.1, 0.15) is 12.2 Å². The molecule has 0 amide bonds. The Hall–Kier alpha value is -2.88. The summed E-state index contributed by atoms with van der Waals surface area (Å²) in [5.41, 5.74) is 4.01. The molecule has 4 aliphatic carbocycles. The second-order valence-electron chi connectivity index (χ2n) is 15.1. The van der Waals surface area contributed by atoms with E-state index in [9.17, 15) is 9.59 Å². The van der Waals surface area contributed by atoms with E-state index < -0.39 is 0 Å². The zero-order chi connectivity index (χ0) is 31.1. The van der Waals surface area contributed by atoms with E-state index in [0.717, 1.165) is 32.1 Å². The fourth-order valence-electron chi connectivity index (χ4n) is 10.9. The van der Waals surface area contributed by atoms with Gasteiger partial charge in [-0.15, -0.1) is 0 Å². The Bertz CT molecular complexity index is 1310. The monoisotopic (exact) mass is 596 g/mol. The fourth-order valence-corrected chi connectivity index (χ4v) is 10.9. The van der Waals surface area contributed by atoms with Crippen LogP contribution in [0.25, 0.3) is 5.57 Å². The summed E-state index contributed by atoms with van der Waals surface area (Å²) in [5.74, 6) is 3.07. The molecule has 0 spiro atoms. The molecule has 0 aliphatic heterocycles. The van der Waals surface area contributed by atoms with E-state index in [1.54, 1.807) is 6.92 Å². The molecule has 0 heterocycles. The first kappa shape index (κ1) is 31.1. The van der Waals surface area contributed by atoms with Gasteiger partial charge in [-0.05, 0) is 115 Å². The number of esters is 2. The van der Waals surface area contributed by atoms with E-state index >= 15 is 0 Å². The quantitative estimate of drug-likeness (QED) is 0.299. The van der Waals surface area contributed by atoms with E-state index in [1.807, 2.05) is 0 Å².